The zero-order chi connectivity index (χ0) is 12.5. The van der Waals surface area contributed by atoms with E-state index < -0.39 is 30.1 Å². The lowest BCUT2D eigenvalue weighted by Gasteiger charge is -2.34. The fourth-order valence-corrected chi connectivity index (χ4v) is 1.19. The number of amides is 1. The molecule has 90 valence electrons. The topological polar surface area (TPSA) is 29.1 Å². The molecule has 0 saturated carbocycles. The summed E-state index contributed by atoms with van der Waals surface area (Å²) in [4.78, 5) is 10.8. The van der Waals surface area contributed by atoms with Crippen LogP contribution in [0.4, 0.5) is 26.3 Å². The maximum atomic E-state index is 12.3. The smallest absolute Gasteiger partial charge is 0.358 e. The Morgan fingerprint density at radius 3 is 1.47 bits per heavy atom. The molecule has 1 amide bonds. The highest BCUT2D eigenvalue weighted by atomic mass is 19.4. The molecule has 0 aliphatic carbocycles. The van der Waals surface area contributed by atoms with Gasteiger partial charge in [0.1, 0.15) is 0 Å². The molecule has 0 atom stereocenters. The molecule has 0 aliphatic heterocycles. The second kappa shape index (κ2) is 3.90. The van der Waals surface area contributed by atoms with E-state index >= 15 is 0 Å². The van der Waals surface area contributed by atoms with Crippen LogP contribution < -0.4 is 5.32 Å². The summed E-state index contributed by atoms with van der Waals surface area (Å²) in [6.07, 6.45) is -12.7. The third kappa shape index (κ3) is 2.03. The average Bonchev–Trinajstić information content (AvgIpc) is 2.00. The van der Waals surface area contributed by atoms with Gasteiger partial charge in [-0.1, -0.05) is 6.92 Å². The summed E-state index contributed by atoms with van der Waals surface area (Å²) in [6.45, 7) is 0.663. The molecule has 0 aromatic rings. The van der Waals surface area contributed by atoms with Crippen LogP contribution in [-0.4, -0.2) is 25.3 Å². The molecular formula is C7H9F6NO. The molecule has 1 N–H and O–H groups in total. The van der Waals surface area contributed by atoms with E-state index in [4.69, 9.17) is 0 Å². The van der Waals surface area contributed by atoms with Gasteiger partial charge in [-0.05, 0) is 6.42 Å². The van der Waals surface area contributed by atoms with E-state index in [2.05, 4.69) is 0 Å². The quantitative estimate of drug-likeness (QED) is 0.733. The van der Waals surface area contributed by atoms with Gasteiger partial charge in [-0.2, -0.15) is 26.3 Å². The van der Waals surface area contributed by atoms with E-state index in [1.54, 1.807) is 0 Å². The Labute approximate surface area is 81.6 Å². The lowest BCUT2D eigenvalue weighted by molar-refractivity contribution is -0.326. The lowest BCUT2D eigenvalue weighted by atomic mass is 9.82. The maximum absolute atomic E-state index is 12.3. The van der Waals surface area contributed by atoms with Crippen LogP contribution in [0.2, 0.25) is 0 Å². The van der Waals surface area contributed by atoms with Crippen LogP contribution in [0.5, 0.6) is 0 Å². The summed E-state index contributed by atoms with van der Waals surface area (Å²) in [7, 11) is 0.726. The molecule has 0 bridgehead atoms. The Morgan fingerprint density at radius 2 is 1.40 bits per heavy atom. The number of hydrogen-bond acceptors (Lipinski definition) is 1. The molecule has 0 aliphatic rings. The summed E-state index contributed by atoms with van der Waals surface area (Å²) < 4.78 is 74.0. The molecule has 8 heteroatoms. The van der Waals surface area contributed by atoms with Crippen LogP contribution in [-0.2, 0) is 4.79 Å². The highest BCUT2D eigenvalue weighted by Crippen LogP contribution is 2.52. The summed E-state index contributed by atoms with van der Waals surface area (Å²) in [5, 5.41) is 1.39. The number of carbonyl (C=O) groups excluding carboxylic acids is 1. The van der Waals surface area contributed by atoms with Gasteiger partial charge in [0.2, 0.25) is 11.3 Å². The van der Waals surface area contributed by atoms with Crippen molar-refractivity contribution >= 4 is 5.91 Å². The van der Waals surface area contributed by atoms with E-state index in [-0.39, 0.29) is 0 Å². The third-order valence-electron chi connectivity index (χ3n) is 2.11. The fourth-order valence-electron chi connectivity index (χ4n) is 1.19. The van der Waals surface area contributed by atoms with Crippen LogP contribution in [0.3, 0.4) is 0 Å². The second-order valence-corrected chi connectivity index (χ2v) is 2.83. The Bertz CT molecular complexity index is 229. The summed E-state index contributed by atoms with van der Waals surface area (Å²) in [6, 6.07) is 0. The second-order valence-electron chi connectivity index (χ2n) is 2.83. The minimum atomic E-state index is -5.67. The zero-order valence-electron chi connectivity index (χ0n) is 7.88. The van der Waals surface area contributed by atoms with Gasteiger partial charge >= 0.3 is 12.4 Å². The monoisotopic (exact) mass is 237 g/mol. The van der Waals surface area contributed by atoms with Gasteiger partial charge < -0.3 is 5.32 Å². The predicted octanol–water partition coefficient (Wildman–Crippen LogP) is 2.25. The Kier molecular flexibility index (Phi) is 3.65. The van der Waals surface area contributed by atoms with Gasteiger partial charge in [-0.15, -0.1) is 0 Å². The van der Waals surface area contributed by atoms with Crippen molar-refractivity contribution in [3.63, 3.8) is 0 Å². The normalized spacial score (nSPS) is 13.9. The standard InChI is InChI=1S/C7H9F6NO/c1-3-5(4(15)14-2,6(8,9)10)7(11,12)13/h3H2,1-2H3,(H,14,15). The number of nitrogens with one attached hydrogen (secondary N) is 1. The van der Waals surface area contributed by atoms with E-state index in [0.717, 1.165) is 7.05 Å². The van der Waals surface area contributed by atoms with Crippen LogP contribution >= 0.6 is 0 Å². The maximum Gasteiger partial charge on any atom is 0.412 e. The molecule has 0 fully saturated rings. The molecule has 0 saturated heterocycles. The minimum absolute atomic E-state index is 0.663. The number of alkyl halides is 6. The SMILES string of the molecule is CCC(C(=O)NC)(C(F)(F)F)C(F)(F)F. The van der Waals surface area contributed by atoms with Crippen molar-refractivity contribution < 1.29 is 31.1 Å². The summed E-state index contributed by atoms with van der Waals surface area (Å²) in [5.74, 6) is -2.09. The number of halogens is 6. The average molecular weight is 237 g/mol. The van der Waals surface area contributed by atoms with Gasteiger partial charge in [0.25, 0.3) is 0 Å². The van der Waals surface area contributed by atoms with E-state index in [1.165, 1.54) is 5.32 Å². The molecule has 0 spiro atoms. The first kappa shape index (κ1) is 14.0. The molecular weight excluding hydrogens is 228 g/mol. The van der Waals surface area contributed by atoms with Crippen molar-refractivity contribution in [1.29, 1.82) is 0 Å². The Morgan fingerprint density at radius 1 is 1.07 bits per heavy atom. The Hall–Kier alpha value is -0.950. The molecule has 0 rings (SSSR count). The molecule has 0 heterocycles. The van der Waals surface area contributed by atoms with Crippen LogP contribution in [0.15, 0.2) is 0 Å². The number of carbonyl (C=O) groups is 1. The highest BCUT2D eigenvalue weighted by Gasteiger charge is 2.74. The predicted molar refractivity (Wildman–Crippen MR) is 38.9 cm³/mol. The lowest BCUT2D eigenvalue weighted by Crippen LogP contribution is -2.58. The molecule has 2 nitrogen and oxygen atoms in total. The number of hydrogen-bond donors (Lipinski definition) is 1. The van der Waals surface area contributed by atoms with Gasteiger partial charge in [-0.3, -0.25) is 4.79 Å². The van der Waals surface area contributed by atoms with Crippen LogP contribution in [0, 0.1) is 5.41 Å². The third-order valence-corrected chi connectivity index (χ3v) is 2.11. The van der Waals surface area contributed by atoms with Gasteiger partial charge in [0.05, 0.1) is 0 Å². The Balaban J connectivity index is 5.64. The van der Waals surface area contributed by atoms with Gasteiger partial charge in [0, 0.05) is 7.05 Å². The molecule has 0 aromatic heterocycles. The van der Waals surface area contributed by atoms with Crippen molar-refractivity contribution in [1.82, 2.24) is 5.32 Å². The van der Waals surface area contributed by atoms with Crippen molar-refractivity contribution in [3.05, 3.63) is 0 Å². The largest absolute Gasteiger partial charge is 0.412 e. The molecule has 0 aromatic carbocycles. The first-order valence-electron chi connectivity index (χ1n) is 3.90. The fraction of sp³-hybridized carbons (Fsp3) is 0.857. The summed E-state index contributed by atoms with van der Waals surface area (Å²) in [5.41, 5.74) is -4.32. The first-order valence-corrected chi connectivity index (χ1v) is 3.90. The van der Waals surface area contributed by atoms with Crippen molar-refractivity contribution in [3.8, 4) is 0 Å². The zero-order valence-corrected chi connectivity index (χ0v) is 7.88. The van der Waals surface area contributed by atoms with Crippen LogP contribution in [0.1, 0.15) is 13.3 Å². The first-order chi connectivity index (χ1) is 6.54. The van der Waals surface area contributed by atoms with Crippen LogP contribution in [0.25, 0.3) is 0 Å². The molecule has 15 heavy (non-hydrogen) atoms. The van der Waals surface area contributed by atoms with Gasteiger partial charge in [-0.25, -0.2) is 0 Å². The van der Waals surface area contributed by atoms with Crippen molar-refractivity contribution in [2.45, 2.75) is 25.7 Å². The minimum Gasteiger partial charge on any atom is -0.358 e. The van der Waals surface area contributed by atoms with E-state index in [0.29, 0.717) is 6.92 Å². The van der Waals surface area contributed by atoms with Crippen molar-refractivity contribution in [2.75, 3.05) is 7.05 Å². The van der Waals surface area contributed by atoms with Crippen molar-refractivity contribution in [2.24, 2.45) is 5.41 Å². The molecule has 0 radical (unpaired) electrons. The number of rotatable bonds is 2. The van der Waals surface area contributed by atoms with E-state index in [1.807, 2.05) is 0 Å². The van der Waals surface area contributed by atoms with Gasteiger partial charge in [0.15, 0.2) is 0 Å². The summed E-state index contributed by atoms with van der Waals surface area (Å²) >= 11 is 0. The molecule has 0 unspecified atom stereocenters. The highest BCUT2D eigenvalue weighted by molar-refractivity contribution is 5.84. The van der Waals surface area contributed by atoms with E-state index in [9.17, 15) is 31.1 Å².